The summed E-state index contributed by atoms with van der Waals surface area (Å²) in [6.45, 7) is 0. The Morgan fingerprint density at radius 2 is 1.95 bits per heavy atom. The minimum Gasteiger partial charge on any atom is -0.364 e. The molecule has 1 amide bonds. The number of rotatable bonds is 3. The van der Waals surface area contributed by atoms with E-state index < -0.39 is 5.91 Å². The second-order valence-corrected chi connectivity index (χ2v) is 4.14. The van der Waals surface area contributed by atoms with Crippen LogP contribution in [0.2, 0.25) is 0 Å². The first-order valence-electron chi connectivity index (χ1n) is 5.96. The molecule has 0 spiro atoms. The summed E-state index contributed by atoms with van der Waals surface area (Å²) in [5, 5.41) is 0. The van der Waals surface area contributed by atoms with Gasteiger partial charge in [0, 0.05) is 18.0 Å². The number of nitrogens with two attached hydrogens (primary N) is 1. The van der Waals surface area contributed by atoms with Crippen molar-refractivity contribution in [3.05, 3.63) is 60.8 Å². The van der Waals surface area contributed by atoms with Crippen molar-refractivity contribution in [1.82, 2.24) is 19.5 Å². The Balaban J connectivity index is 2.18. The van der Waals surface area contributed by atoms with E-state index in [0.29, 0.717) is 11.6 Å². The number of imidazole rings is 1. The lowest BCUT2D eigenvalue weighted by atomic mass is 10.1. The summed E-state index contributed by atoms with van der Waals surface area (Å²) >= 11 is 0. The number of amides is 1. The van der Waals surface area contributed by atoms with Gasteiger partial charge in [-0.05, 0) is 6.07 Å². The van der Waals surface area contributed by atoms with E-state index in [4.69, 9.17) is 5.73 Å². The SMILES string of the molecule is NC(=O)c1cc(-c2ccccc2)nc(-n2ccnc2)n1. The van der Waals surface area contributed by atoms with Gasteiger partial charge in [0.15, 0.2) is 0 Å². The molecule has 0 aliphatic heterocycles. The van der Waals surface area contributed by atoms with Crippen LogP contribution in [0.15, 0.2) is 55.1 Å². The van der Waals surface area contributed by atoms with Crippen LogP contribution >= 0.6 is 0 Å². The molecule has 0 aliphatic rings. The molecule has 2 N–H and O–H groups in total. The number of carbonyl (C=O) groups excluding carboxylic acids is 1. The molecule has 3 rings (SSSR count). The smallest absolute Gasteiger partial charge is 0.267 e. The Morgan fingerprint density at radius 3 is 2.60 bits per heavy atom. The van der Waals surface area contributed by atoms with Crippen LogP contribution in [-0.2, 0) is 0 Å². The molecule has 2 heterocycles. The first-order chi connectivity index (χ1) is 9.74. The van der Waals surface area contributed by atoms with E-state index in [1.165, 1.54) is 0 Å². The molecule has 3 aromatic rings. The largest absolute Gasteiger partial charge is 0.364 e. The Hall–Kier alpha value is -3.02. The number of benzene rings is 1. The lowest BCUT2D eigenvalue weighted by Gasteiger charge is -2.06. The van der Waals surface area contributed by atoms with Gasteiger partial charge in [0.05, 0.1) is 5.69 Å². The maximum absolute atomic E-state index is 11.4. The van der Waals surface area contributed by atoms with Crippen LogP contribution in [-0.4, -0.2) is 25.4 Å². The third-order valence-electron chi connectivity index (χ3n) is 2.77. The van der Waals surface area contributed by atoms with Crippen molar-refractivity contribution in [3.8, 4) is 17.2 Å². The van der Waals surface area contributed by atoms with E-state index in [1.807, 2.05) is 30.3 Å². The van der Waals surface area contributed by atoms with Crippen molar-refractivity contribution in [3.63, 3.8) is 0 Å². The van der Waals surface area contributed by atoms with E-state index in [2.05, 4.69) is 15.0 Å². The van der Waals surface area contributed by atoms with Gasteiger partial charge in [0.2, 0.25) is 5.95 Å². The van der Waals surface area contributed by atoms with Gasteiger partial charge in [-0.3, -0.25) is 9.36 Å². The molecule has 0 fully saturated rings. The molecule has 0 radical (unpaired) electrons. The zero-order chi connectivity index (χ0) is 13.9. The van der Waals surface area contributed by atoms with Crippen LogP contribution in [0.25, 0.3) is 17.2 Å². The van der Waals surface area contributed by atoms with Crippen LogP contribution in [0.3, 0.4) is 0 Å². The number of hydrogen-bond donors (Lipinski definition) is 1. The summed E-state index contributed by atoms with van der Waals surface area (Å²) in [6, 6.07) is 11.1. The fraction of sp³-hybridized carbons (Fsp3) is 0. The van der Waals surface area contributed by atoms with Gasteiger partial charge in [-0.1, -0.05) is 30.3 Å². The molecule has 0 bridgehead atoms. The minimum absolute atomic E-state index is 0.169. The zero-order valence-corrected chi connectivity index (χ0v) is 10.5. The highest BCUT2D eigenvalue weighted by Gasteiger charge is 2.11. The first-order valence-corrected chi connectivity index (χ1v) is 5.96. The van der Waals surface area contributed by atoms with Crippen LogP contribution in [0.1, 0.15) is 10.5 Å². The summed E-state index contributed by atoms with van der Waals surface area (Å²) < 4.78 is 1.62. The van der Waals surface area contributed by atoms with E-state index in [0.717, 1.165) is 5.56 Å². The van der Waals surface area contributed by atoms with Gasteiger partial charge in [-0.15, -0.1) is 0 Å². The molecule has 0 aliphatic carbocycles. The van der Waals surface area contributed by atoms with Crippen LogP contribution in [0, 0.1) is 0 Å². The summed E-state index contributed by atoms with van der Waals surface area (Å²) in [5.74, 6) is -0.233. The summed E-state index contributed by atoms with van der Waals surface area (Å²) in [6.07, 6.45) is 4.88. The van der Waals surface area contributed by atoms with E-state index >= 15 is 0 Å². The molecule has 1 aromatic carbocycles. The van der Waals surface area contributed by atoms with Crippen molar-refractivity contribution in [2.75, 3.05) is 0 Å². The van der Waals surface area contributed by atoms with Crippen molar-refractivity contribution in [2.45, 2.75) is 0 Å². The quantitative estimate of drug-likeness (QED) is 0.776. The average Bonchev–Trinajstić information content (AvgIpc) is 3.02. The van der Waals surface area contributed by atoms with Gasteiger partial charge in [0.25, 0.3) is 5.91 Å². The highest BCUT2D eigenvalue weighted by molar-refractivity contribution is 5.92. The Labute approximate surface area is 114 Å². The predicted octanol–water partition coefficient (Wildman–Crippen LogP) is 1.43. The summed E-state index contributed by atoms with van der Waals surface area (Å²) in [4.78, 5) is 23.9. The number of hydrogen-bond acceptors (Lipinski definition) is 4. The van der Waals surface area contributed by atoms with Crippen molar-refractivity contribution in [1.29, 1.82) is 0 Å². The van der Waals surface area contributed by atoms with Crippen molar-refractivity contribution in [2.24, 2.45) is 5.73 Å². The third kappa shape index (κ3) is 2.26. The lowest BCUT2D eigenvalue weighted by Crippen LogP contribution is -2.15. The van der Waals surface area contributed by atoms with Gasteiger partial charge < -0.3 is 5.73 Å². The summed E-state index contributed by atoms with van der Waals surface area (Å²) in [5.41, 5.74) is 7.02. The predicted molar refractivity (Wildman–Crippen MR) is 73.1 cm³/mol. The lowest BCUT2D eigenvalue weighted by molar-refractivity contribution is 0.0995. The highest BCUT2D eigenvalue weighted by Crippen LogP contribution is 2.18. The number of carbonyl (C=O) groups is 1. The second-order valence-electron chi connectivity index (χ2n) is 4.14. The monoisotopic (exact) mass is 265 g/mol. The zero-order valence-electron chi connectivity index (χ0n) is 10.5. The third-order valence-corrected chi connectivity index (χ3v) is 2.77. The highest BCUT2D eigenvalue weighted by atomic mass is 16.1. The molecular weight excluding hydrogens is 254 g/mol. The van der Waals surface area contributed by atoms with Crippen molar-refractivity contribution < 1.29 is 4.79 Å². The fourth-order valence-electron chi connectivity index (χ4n) is 1.81. The van der Waals surface area contributed by atoms with E-state index in [1.54, 1.807) is 29.4 Å². The Bertz CT molecular complexity index is 738. The van der Waals surface area contributed by atoms with E-state index in [-0.39, 0.29) is 5.69 Å². The Morgan fingerprint density at radius 1 is 1.15 bits per heavy atom. The van der Waals surface area contributed by atoms with Crippen LogP contribution in [0.5, 0.6) is 0 Å². The van der Waals surface area contributed by atoms with Gasteiger partial charge in [-0.2, -0.15) is 0 Å². The maximum Gasteiger partial charge on any atom is 0.267 e. The molecule has 6 heteroatoms. The number of aromatic nitrogens is 4. The van der Waals surface area contributed by atoms with Crippen molar-refractivity contribution >= 4 is 5.91 Å². The molecule has 0 saturated carbocycles. The molecule has 20 heavy (non-hydrogen) atoms. The van der Waals surface area contributed by atoms with E-state index in [9.17, 15) is 4.79 Å². The maximum atomic E-state index is 11.4. The molecule has 2 aromatic heterocycles. The second kappa shape index (κ2) is 4.93. The topological polar surface area (TPSA) is 86.7 Å². The standard InChI is InChI=1S/C14H11N5O/c15-13(20)12-8-11(10-4-2-1-3-5-10)17-14(18-12)19-7-6-16-9-19/h1-9H,(H2,15,20). The molecular formula is C14H11N5O. The van der Waals surface area contributed by atoms with Gasteiger partial charge in [0.1, 0.15) is 12.0 Å². The molecule has 98 valence electrons. The fourth-order valence-corrected chi connectivity index (χ4v) is 1.81. The van der Waals surface area contributed by atoms with Gasteiger partial charge in [-0.25, -0.2) is 15.0 Å². The first kappa shape index (κ1) is 12.0. The Kier molecular flexibility index (Phi) is 2.96. The van der Waals surface area contributed by atoms with Crippen LogP contribution < -0.4 is 5.73 Å². The molecule has 0 saturated heterocycles. The van der Waals surface area contributed by atoms with Crippen LogP contribution in [0.4, 0.5) is 0 Å². The normalized spacial score (nSPS) is 10.4. The number of primary amides is 1. The van der Waals surface area contributed by atoms with Gasteiger partial charge >= 0.3 is 0 Å². The number of nitrogens with zero attached hydrogens (tertiary/aromatic N) is 4. The minimum atomic E-state index is -0.592. The summed E-state index contributed by atoms with van der Waals surface area (Å²) in [7, 11) is 0. The average molecular weight is 265 g/mol. The molecule has 0 atom stereocenters. The molecule has 0 unspecified atom stereocenters. The molecule has 6 nitrogen and oxygen atoms in total.